The summed E-state index contributed by atoms with van der Waals surface area (Å²) in [5.74, 6) is 0.718. The molecule has 2 aromatic rings. The van der Waals surface area contributed by atoms with E-state index in [-0.39, 0.29) is 11.9 Å². The first-order valence-corrected chi connectivity index (χ1v) is 6.79. The first-order valence-electron chi connectivity index (χ1n) is 6.79. The highest BCUT2D eigenvalue weighted by Crippen LogP contribution is 2.24. The monoisotopic (exact) mass is 270 g/mol. The van der Waals surface area contributed by atoms with Crippen LogP contribution in [0.3, 0.4) is 0 Å². The molecule has 0 spiro atoms. The van der Waals surface area contributed by atoms with Gasteiger partial charge in [-0.15, -0.1) is 0 Å². The lowest BCUT2D eigenvalue weighted by Gasteiger charge is -2.26. The zero-order chi connectivity index (χ0) is 14.1. The molecule has 1 atom stereocenters. The molecule has 2 N–H and O–H groups in total. The van der Waals surface area contributed by atoms with Crippen molar-refractivity contribution in [3.63, 3.8) is 0 Å². The summed E-state index contributed by atoms with van der Waals surface area (Å²) < 4.78 is 1.68. The molecule has 0 saturated carbocycles. The van der Waals surface area contributed by atoms with Crippen molar-refractivity contribution in [1.29, 1.82) is 0 Å². The highest BCUT2D eigenvalue weighted by atomic mass is 16.2. The van der Waals surface area contributed by atoms with Crippen LogP contribution >= 0.6 is 0 Å². The first-order chi connectivity index (χ1) is 9.63. The van der Waals surface area contributed by atoms with Gasteiger partial charge in [-0.2, -0.15) is 5.10 Å². The third-order valence-electron chi connectivity index (χ3n) is 3.62. The van der Waals surface area contributed by atoms with E-state index in [0.29, 0.717) is 0 Å². The quantitative estimate of drug-likeness (QED) is 0.878. The van der Waals surface area contributed by atoms with Crippen molar-refractivity contribution in [3.05, 3.63) is 41.6 Å². The molecule has 0 radical (unpaired) electrons. The van der Waals surface area contributed by atoms with Crippen molar-refractivity contribution in [2.45, 2.75) is 25.8 Å². The fourth-order valence-electron chi connectivity index (χ4n) is 2.58. The van der Waals surface area contributed by atoms with Crippen molar-refractivity contribution < 1.29 is 4.79 Å². The highest BCUT2D eigenvalue weighted by molar-refractivity contribution is 5.96. The van der Waals surface area contributed by atoms with Crippen molar-refractivity contribution >= 4 is 17.4 Å². The molecule has 1 unspecified atom stereocenters. The summed E-state index contributed by atoms with van der Waals surface area (Å²) in [6.45, 7) is 1.91. The summed E-state index contributed by atoms with van der Waals surface area (Å²) in [4.78, 5) is 12.3. The van der Waals surface area contributed by atoms with Crippen LogP contribution in [-0.2, 0) is 18.3 Å². The number of aromatic nitrogens is 2. The normalized spacial score (nSPS) is 17.2. The minimum Gasteiger partial charge on any atom is -0.373 e. The first kappa shape index (κ1) is 12.7. The Balaban J connectivity index is 1.72. The molecule has 3 rings (SSSR count). The molecule has 5 nitrogen and oxygen atoms in total. The van der Waals surface area contributed by atoms with Gasteiger partial charge in [0.15, 0.2) is 0 Å². The van der Waals surface area contributed by atoms with Gasteiger partial charge in [0, 0.05) is 18.8 Å². The number of para-hydroxylation sites is 1. The highest BCUT2D eigenvalue weighted by Gasteiger charge is 2.24. The van der Waals surface area contributed by atoms with Gasteiger partial charge in [-0.3, -0.25) is 9.48 Å². The summed E-state index contributed by atoms with van der Waals surface area (Å²) in [5.41, 5.74) is 3.22. The lowest BCUT2D eigenvalue weighted by molar-refractivity contribution is -0.117. The average molecular weight is 270 g/mol. The molecule has 0 saturated heterocycles. The summed E-state index contributed by atoms with van der Waals surface area (Å²) in [6.07, 6.45) is 1.73. The minimum absolute atomic E-state index is 0.0116. The van der Waals surface area contributed by atoms with Crippen LogP contribution in [-0.4, -0.2) is 21.7 Å². The van der Waals surface area contributed by atoms with Gasteiger partial charge in [-0.1, -0.05) is 18.2 Å². The van der Waals surface area contributed by atoms with E-state index < -0.39 is 0 Å². The second-order valence-corrected chi connectivity index (χ2v) is 5.18. The summed E-state index contributed by atoms with van der Waals surface area (Å²) in [7, 11) is 1.83. The molecule has 0 aliphatic carbocycles. The van der Waals surface area contributed by atoms with Crippen LogP contribution < -0.4 is 10.6 Å². The van der Waals surface area contributed by atoms with Crippen molar-refractivity contribution in [1.82, 2.24) is 9.78 Å². The summed E-state index contributed by atoms with van der Waals surface area (Å²) in [5, 5.41) is 10.5. The number of anilines is 2. The van der Waals surface area contributed by atoms with E-state index in [4.69, 9.17) is 0 Å². The number of benzene rings is 1. The van der Waals surface area contributed by atoms with E-state index >= 15 is 0 Å². The van der Waals surface area contributed by atoms with Crippen LogP contribution in [0.5, 0.6) is 0 Å². The molecule has 2 heterocycles. The van der Waals surface area contributed by atoms with E-state index in [1.165, 1.54) is 5.56 Å². The Bertz CT molecular complexity index is 647. The molecule has 1 aromatic heterocycles. The number of hydrogen-bond acceptors (Lipinski definition) is 3. The van der Waals surface area contributed by atoms with Gasteiger partial charge in [0.1, 0.15) is 11.9 Å². The number of aryl methyl sites for hydroxylation is 3. The van der Waals surface area contributed by atoms with Gasteiger partial charge < -0.3 is 10.6 Å². The molecule has 0 fully saturated rings. The van der Waals surface area contributed by atoms with Crippen LogP contribution in [0.25, 0.3) is 0 Å². The fraction of sp³-hybridized carbons (Fsp3) is 0.333. The van der Waals surface area contributed by atoms with Gasteiger partial charge in [-0.25, -0.2) is 0 Å². The second-order valence-electron chi connectivity index (χ2n) is 5.18. The molecule has 1 aliphatic rings. The molecule has 20 heavy (non-hydrogen) atoms. The number of amides is 1. The van der Waals surface area contributed by atoms with E-state index in [0.717, 1.165) is 30.0 Å². The van der Waals surface area contributed by atoms with Crippen molar-refractivity contribution in [2.75, 3.05) is 10.6 Å². The molecule has 5 heteroatoms. The Morgan fingerprint density at radius 1 is 1.45 bits per heavy atom. The average Bonchev–Trinajstić information content (AvgIpc) is 2.76. The SMILES string of the molecule is Cc1cc(NC(=O)C2CCc3ccccc3N2)n(C)n1. The van der Waals surface area contributed by atoms with Gasteiger partial charge in [-0.05, 0) is 31.4 Å². The van der Waals surface area contributed by atoms with E-state index in [2.05, 4.69) is 21.8 Å². The van der Waals surface area contributed by atoms with E-state index in [1.807, 2.05) is 38.2 Å². The third kappa shape index (κ3) is 2.39. The predicted octanol–water partition coefficient (Wildman–Crippen LogP) is 2.09. The standard InChI is InChI=1S/C15H18N4O/c1-10-9-14(19(2)18-10)17-15(20)13-8-7-11-5-3-4-6-12(11)16-13/h3-6,9,13,16H,7-8H2,1-2H3,(H,17,20). The third-order valence-corrected chi connectivity index (χ3v) is 3.62. The van der Waals surface area contributed by atoms with Gasteiger partial charge in [0.25, 0.3) is 0 Å². The number of nitrogens with zero attached hydrogens (tertiary/aromatic N) is 2. The molecular formula is C15H18N4O. The Morgan fingerprint density at radius 2 is 2.25 bits per heavy atom. The second kappa shape index (κ2) is 5.00. The maximum atomic E-state index is 12.3. The molecule has 1 aliphatic heterocycles. The summed E-state index contributed by atoms with van der Waals surface area (Å²) in [6, 6.07) is 9.80. The predicted molar refractivity (Wildman–Crippen MR) is 78.7 cm³/mol. The van der Waals surface area contributed by atoms with Crippen molar-refractivity contribution in [3.8, 4) is 0 Å². The van der Waals surface area contributed by atoms with Crippen LogP contribution in [0, 0.1) is 6.92 Å². The van der Waals surface area contributed by atoms with Gasteiger partial charge in [0.05, 0.1) is 5.69 Å². The Labute approximate surface area is 118 Å². The minimum atomic E-state index is -0.194. The topological polar surface area (TPSA) is 59.0 Å². The number of hydrogen-bond donors (Lipinski definition) is 2. The van der Waals surface area contributed by atoms with E-state index in [9.17, 15) is 4.79 Å². The maximum absolute atomic E-state index is 12.3. The molecular weight excluding hydrogens is 252 g/mol. The maximum Gasteiger partial charge on any atom is 0.248 e. The van der Waals surface area contributed by atoms with Crippen LogP contribution in [0.1, 0.15) is 17.7 Å². The zero-order valence-electron chi connectivity index (χ0n) is 11.7. The van der Waals surface area contributed by atoms with Crippen LogP contribution in [0.15, 0.2) is 30.3 Å². The number of rotatable bonds is 2. The molecule has 0 bridgehead atoms. The lowest BCUT2D eigenvalue weighted by atomic mass is 9.98. The molecule has 1 aromatic carbocycles. The fourth-order valence-corrected chi connectivity index (χ4v) is 2.58. The summed E-state index contributed by atoms with van der Waals surface area (Å²) >= 11 is 0. The lowest BCUT2D eigenvalue weighted by Crippen LogP contribution is -2.38. The number of carbonyl (C=O) groups excluding carboxylic acids is 1. The number of nitrogens with one attached hydrogen (secondary N) is 2. The van der Waals surface area contributed by atoms with Crippen LogP contribution in [0.2, 0.25) is 0 Å². The van der Waals surface area contributed by atoms with Gasteiger partial charge in [0.2, 0.25) is 5.91 Å². The molecule has 104 valence electrons. The zero-order valence-corrected chi connectivity index (χ0v) is 11.7. The Hall–Kier alpha value is -2.30. The van der Waals surface area contributed by atoms with Gasteiger partial charge >= 0.3 is 0 Å². The smallest absolute Gasteiger partial charge is 0.248 e. The van der Waals surface area contributed by atoms with E-state index in [1.54, 1.807) is 4.68 Å². The van der Waals surface area contributed by atoms with Crippen molar-refractivity contribution in [2.24, 2.45) is 7.05 Å². The Morgan fingerprint density at radius 3 is 3.00 bits per heavy atom. The number of fused-ring (bicyclic) bond motifs is 1. The molecule has 1 amide bonds. The number of carbonyl (C=O) groups is 1. The largest absolute Gasteiger partial charge is 0.373 e. The van der Waals surface area contributed by atoms with Crippen LogP contribution in [0.4, 0.5) is 11.5 Å². The Kier molecular flexibility index (Phi) is 3.18.